The van der Waals surface area contributed by atoms with Gasteiger partial charge in [-0.1, -0.05) is 30.3 Å². The molecule has 0 spiro atoms. The summed E-state index contributed by atoms with van der Waals surface area (Å²) < 4.78 is 0. The Balaban J connectivity index is 2.02. The first kappa shape index (κ1) is 19.2. The number of carbonyl (C=O) groups excluding carboxylic acids is 3. The van der Waals surface area contributed by atoms with Crippen molar-refractivity contribution in [2.45, 2.75) is 13.3 Å². The lowest BCUT2D eigenvalue weighted by molar-refractivity contribution is -0.127. The number of nitrogens with one attached hydrogen (secondary N) is 2. The van der Waals surface area contributed by atoms with E-state index in [1.54, 1.807) is 38.4 Å². The van der Waals surface area contributed by atoms with Crippen molar-refractivity contribution in [3.63, 3.8) is 0 Å². The number of nitrogens with zero attached hydrogens (tertiary/aromatic N) is 1. The van der Waals surface area contributed by atoms with E-state index >= 15 is 0 Å². The number of carbonyl (C=O) groups is 3. The van der Waals surface area contributed by atoms with Crippen molar-refractivity contribution in [2.24, 2.45) is 0 Å². The standard InChI is InChI=1S/C20H23N3O3/c1-14(24)16-9-5-7-11-18(16)22-19(25)13-21-17-10-6-4-8-15(17)12-20(26)23(2)3/h4-11,21H,12-13H2,1-3H3,(H,22,25). The van der Waals surface area contributed by atoms with Crippen LogP contribution in [0.15, 0.2) is 48.5 Å². The quantitative estimate of drug-likeness (QED) is 0.750. The van der Waals surface area contributed by atoms with Gasteiger partial charge in [-0.25, -0.2) is 0 Å². The minimum Gasteiger partial charge on any atom is -0.376 e. The average molecular weight is 353 g/mol. The lowest BCUT2D eigenvalue weighted by Gasteiger charge is -2.15. The van der Waals surface area contributed by atoms with Crippen LogP contribution in [0.5, 0.6) is 0 Å². The van der Waals surface area contributed by atoms with Crippen molar-refractivity contribution < 1.29 is 14.4 Å². The molecule has 0 aromatic heterocycles. The first-order valence-electron chi connectivity index (χ1n) is 8.30. The lowest BCUT2D eigenvalue weighted by atomic mass is 10.1. The molecule has 0 bridgehead atoms. The van der Waals surface area contributed by atoms with Crippen LogP contribution in [0.3, 0.4) is 0 Å². The maximum Gasteiger partial charge on any atom is 0.243 e. The number of hydrogen-bond acceptors (Lipinski definition) is 4. The minimum absolute atomic E-state index is 0.0147. The highest BCUT2D eigenvalue weighted by Crippen LogP contribution is 2.17. The number of hydrogen-bond donors (Lipinski definition) is 2. The van der Waals surface area contributed by atoms with Gasteiger partial charge in [0, 0.05) is 25.3 Å². The highest BCUT2D eigenvalue weighted by atomic mass is 16.2. The summed E-state index contributed by atoms with van der Waals surface area (Å²) in [7, 11) is 3.41. The number of ketones is 1. The molecule has 2 rings (SSSR count). The molecule has 0 aliphatic carbocycles. The molecular formula is C20H23N3O3. The van der Waals surface area contributed by atoms with Crippen molar-refractivity contribution in [3.8, 4) is 0 Å². The van der Waals surface area contributed by atoms with Crippen LogP contribution in [0.4, 0.5) is 11.4 Å². The Hall–Kier alpha value is -3.15. The van der Waals surface area contributed by atoms with Gasteiger partial charge < -0.3 is 15.5 Å². The molecule has 0 unspecified atom stereocenters. The van der Waals surface area contributed by atoms with Crippen molar-refractivity contribution in [1.82, 2.24) is 4.90 Å². The summed E-state index contributed by atoms with van der Waals surface area (Å²) in [5, 5.41) is 5.80. The molecule has 0 saturated heterocycles. The predicted octanol–water partition coefficient (Wildman–Crippen LogP) is 2.57. The zero-order valence-electron chi connectivity index (χ0n) is 15.2. The Bertz CT molecular complexity index is 815. The molecule has 26 heavy (non-hydrogen) atoms. The normalized spacial score (nSPS) is 10.1. The SMILES string of the molecule is CC(=O)c1ccccc1NC(=O)CNc1ccccc1CC(=O)N(C)C. The monoisotopic (exact) mass is 353 g/mol. The average Bonchev–Trinajstić information content (AvgIpc) is 2.61. The highest BCUT2D eigenvalue weighted by molar-refractivity contribution is 6.04. The predicted molar refractivity (Wildman–Crippen MR) is 102 cm³/mol. The Morgan fingerprint density at radius 1 is 0.923 bits per heavy atom. The number of benzene rings is 2. The zero-order valence-corrected chi connectivity index (χ0v) is 15.2. The van der Waals surface area contributed by atoms with Gasteiger partial charge in [-0.05, 0) is 30.7 Å². The van der Waals surface area contributed by atoms with Gasteiger partial charge in [-0.2, -0.15) is 0 Å². The molecule has 0 aliphatic rings. The second kappa shape index (κ2) is 8.80. The Morgan fingerprint density at radius 2 is 1.54 bits per heavy atom. The van der Waals surface area contributed by atoms with E-state index in [9.17, 15) is 14.4 Å². The molecule has 136 valence electrons. The smallest absolute Gasteiger partial charge is 0.243 e. The molecule has 0 atom stereocenters. The van der Waals surface area contributed by atoms with Crippen LogP contribution in [-0.4, -0.2) is 43.1 Å². The van der Waals surface area contributed by atoms with Gasteiger partial charge in [0.15, 0.2) is 5.78 Å². The van der Waals surface area contributed by atoms with Crippen LogP contribution in [0.25, 0.3) is 0 Å². The highest BCUT2D eigenvalue weighted by Gasteiger charge is 2.12. The van der Waals surface area contributed by atoms with E-state index in [1.807, 2.05) is 24.3 Å². The summed E-state index contributed by atoms with van der Waals surface area (Å²) in [6.45, 7) is 1.49. The van der Waals surface area contributed by atoms with Crippen molar-refractivity contribution >= 4 is 29.0 Å². The van der Waals surface area contributed by atoms with E-state index in [0.717, 1.165) is 11.3 Å². The summed E-state index contributed by atoms with van der Waals surface area (Å²) in [6.07, 6.45) is 0.255. The van der Waals surface area contributed by atoms with Crippen LogP contribution in [-0.2, 0) is 16.0 Å². The number of amides is 2. The van der Waals surface area contributed by atoms with Gasteiger partial charge in [-0.3, -0.25) is 14.4 Å². The Labute approximate surface area is 153 Å². The van der Waals surface area contributed by atoms with E-state index < -0.39 is 0 Å². The number of para-hydroxylation sites is 2. The molecular weight excluding hydrogens is 330 g/mol. The van der Waals surface area contributed by atoms with Gasteiger partial charge >= 0.3 is 0 Å². The molecule has 2 amide bonds. The first-order chi connectivity index (χ1) is 12.4. The summed E-state index contributed by atoms with van der Waals surface area (Å²) in [5.41, 5.74) is 2.52. The summed E-state index contributed by atoms with van der Waals surface area (Å²) >= 11 is 0. The number of Topliss-reactive ketones (excluding diaryl/α,β-unsaturated/α-hetero) is 1. The molecule has 2 N–H and O–H groups in total. The maximum atomic E-state index is 12.2. The van der Waals surface area contributed by atoms with Gasteiger partial charge in [-0.15, -0.1) is 0 Å². The summed E-state index contributed by atoms with van der Waals surface area (Å²) in [6, 6.07) is 14.3. The van der Waals surface area contributed by atoms with E-state index in [4.69, 9.17) is 0 Å². The van der Waals surface area contributed by atoms with Crippen LogP contribution < -0.4 is 10.6 Å². The summed E-state index contributed by atoms with van der Waals surface area (Å²) in [5.74, 6) is -0.395. The number of likely N-dealkylation sites (N-methyl/N-ethyl adjacent to an activating group) is 1. The maximum absolute atomic E-state index is 12.2. The minimum atomic E-state index is -0.271. The van der Waals surface area contributed by atoms with Crippen molar-refractivity contribution in [2.75, 3.05) is 31.3 Å². The molecule has 2 aromatic rings. The van der Waals surface area contributed by atoms with Gasteiger partial charge in [0.05, 0.1) is 18.7 Å². The van der Waals surface area contributed by atoms with Crippen molar-refractivity contribution in [3.05, 3.63) is 59.7 Å². The molecule has 0 aliphatic heterocycles. The van der Waals surface area contributed by atoms with Crippen molar-refractivity contribution in [1.29, 1.82) is 0 Å². The van der Waals surface area contributed by atoms with Crippen LogP contribution in [0.2, 0.25) is 0 Å². The largest absolute Gasteiger partial charge is 0.376 e. The molecule has 6 nitrogen and oxygen atoms in total. The fraction of sp³-hybridized carbons (Fsp3) is 0.250. The molecule has 2 aromatic carbocycles. The third kappa shape index (κ3) is 5.17. The van der Waals surface area contributed by atoms with Gasteiger partial charge in [0.25, 0.3) is 0 Å². The zero-order chi connectivity index (χ0) is 19.1. The Kier molecular flexibility index (Phi) is 6.49. The van der Waals surface area contributed by atoms with E-state index in [-0.39, 0.29) is 30.6 Å². The molecule has 0 radical (unpaired) electrons. The number of anilines is 2. The Morgan fingerprint density at radius 3 is 2.19 bits per heavy atom. The molecule has 0 saturated carbocycles. The summed E-state index contributed by atoms with van der Waals surface area (Å²) in [4.78, 5) is 37.3. The fourth-order valence-electron chi connectivity index (χ4n) is 2.44. The first-order valence-corrected chi connectivity index (χ1v) is 8.30. The van der Waals surface area contributed by atoms with E-state index in [2.05, 4.69) is 10.6 Å². The molecule has 6 heteroatoms. The van der Waals surface area contributed by atoms with Gasteiger partial charge in [0.2, 0.25) is 11.8 Å². The fourth-order valence-corrected chi connectivity index (χ4v) is 2.44. The van der Waals surface area contributed by atoms with Gasteiger partial charge in [0.1, 0.15) is 0 Å². The third-order valence-corrected chi connectivity index (χ3v) is 3.88. The molecule has 0 fully saturated rings. The second-order valence-electron chi connectivity index (χ2n) is 6.13. The van der Waals surface area contributed by atoms with Crippen LogP contribution in [0.1, 0.15) is 22.8 Å². The van der Waals surface area contributed by atoms with E-state index in [0.29, 0.717) is 11.3 Å². The second-order valence-corrected chi connectivity index (χ2v) is 6.13. The van der Waals surface area contributed by atoms with Crippen LogP contribution in [0, 0.1) is 0 Å². The topological polar surface area (TPSA) is 78.5 Å². The molecule has 0 heterocycles. The lowest BCUT2D eigenvalue weighted by Crippen LogP contribution is -2.25. The van der Waals surface area contributed by atoms with E-state index in [1.165, 1.54) is 11.8 Å². The third-order valence-electron chi connectivity index (χ3n) is 3.88. The number of rotatable bonds is 7. The van der Waals surface area contributed by atoms with Crippen LogP contribution >= 0.6 is 0 Å².